The molecule has 1 aromatic carbocycles. The summed E-state index contributed by atoms with van der Waals surface area (Å²) in [4.78, 5) is 4.45. The summed E-state index contributed by atoms with van der Waals surface area (Å²) in [5.41, 5.74) is 2.98. The van der Waals surface area contributed by atoms with Gasteiger partial charge in [0.25, 0.3) is 0 Å². The Hall–Kier alpha value is -1.59. The Morgan fingerprint density at radius 3 is 2.73 bits per heavy atom. The Kier molecular flexibility index (Phi) is 4.64. The average molecular weight is 319 g/mol. The first-order valence-electron chi connectivity index (χ1n) is 7.46. The van der Waals surface area contributed by atoms with E-state index in [-0.39, 0.29) is 11.3 Å². The van der Waals surface area contributed by atoms with E-state index in [0.29, 0.717) is 5.92 Å². The highest BCUT2D eigenvalue weighted by atomic mass is 32.2. The van der Waals surface area contributed by atoms with Gasteiger partial charge >= 0.3 is 0 Å². The van der Waals surface area contributed by atoms with Crippen molar-refractivity contribution in [1.29, 1.82) is 0 Å². The zero-order chi connectivity index (χ0) is 15.5. The molecule has 0 saturated heterocycles. The van der Waals surface area contributed by atoms with Crippen LogP contribution in [0.25, 0.3) is 11.3 Å². The molecular weight excluding hydrogens is 301 g/mol. The van der Waals surface area contributed by atoms with Crippen molar-refractivity contribution in [2.24, 2.45) is 0 Å². The molecule has 116 valence electrons. The Morgan fingerprint density at radius 2 is 2.05 bits per heavy atom. The van der Waals surface area contributed by atoms with Crippen LogP contribution in [0.5, 0.6) is 0 Å². The summed E-state index contributed by atoms with van der Waals surface area (Å²) >= 11 is -2.04. The van der Waals surface area contributed by atoms with Crippen molar-refractivity contribution in [1.82, 2.24) is 4.98 Å². The molecule has 0 radical (unpaired) electrons. The maximum Gasteiger partial charge on any atom is 0.157 e. The lowest BCUT2D eigenvalue weighted by Gasteiger charge is -2.15. The zero-order valence-corrected chi connectivity index (χ0v) is 13.0. The average Bonchev–Trinajstić information content (AvgIpc) is 3.03. The van der Waals surface area contributed by atoms with Crippen LogP contribution in [0.2, 0.25) is 0 Å². The molecule has 0 aliphatic heterocycles. The van der Waals surface area contributed by atoms with Gasteiger partial charge in [0, 0.05) is 17.3 Å². The molecule has 1 atom stereocenters. The predicted octanol–water partition coefficient (Wildman–Crippen LogP) is 4.27. The second-order valence-electron chi connectivity index (χ2n) is 5.69. The van der Waals surface area contributed by atoms with Gasteiger partial charge in [0.15, 0.2) is 11.1 Å². The summed E-state index contributed by atoms with van der Waals surface area (Å²) in [6.07, 6.45) is 6.50. The first-order valence-corrected chi connectivity index (χ1v) is 8.74. The van der Waals surface area contributed by atoms with Gasteiger partial charge in [0.2, 0.25) is 0 Å². The van der Waals surface area contributed by atoms with Gasteiger partial charge in [0.1, 0.15) is 5.82 Å². The van der Waals surface area contributed by atoms with Crippen molar-refractivity contribution in [3.8, 4) is 11.3 Å². The minimum absolute atomic E-state index is 0.191. The number of aromatic nitrogens is 1. The van der Waals surface area contributed by atoms with E-state index in [9.17, 15) is 8.60 Å². The fourth-order valence-corrected chi connectivity index (χ4v) is 3.67. The van der Waals surface area contributed by atoms with Crippen molar-refractivity contribution in [3.63, 3.8) is 0 Å². The van der Waals surface area contributed by atoms with E-state index in [1.165, 1.54) is 24.5 Å². The number of hydrogen-bond donors (Lipinski definition) is 1. The Bertz CT molecular complexity index is 699. The van der Waals surface area contributed by atoms with Crippen LogP contribution in [0.3, 0.4) is 0 Å². The third-order valence-corrected chi connectivity index (χ3v) is 4.80. The predicted molar refractivity (Wildman–Crippen MR) is 85.3 cm³/mol. The van der Waals surface area contributed by atoms with Crippen molar-refractivity contribution < 1.29 is 13.2 Å². The summed E-state index contributed by atoms with van der Waals surface area (Å²) in [7, 11) is 0. The van der Waals surface area contributed by atoms with Crippen LogP contribution in [0.15, 0.2) is 36.5 Å². The van der Waals surface area contributed by atoms with Gasteiger partial charge in [-0.05, 0) is 36.5 Å². The Labute approximate surface area is 131 Å². The highest BCUT2D eigenvalue weighted by Gasteiger charge is 2.21. The third kappa shape index (κ3) is 3.25. The molecular formula is C17H18FNO2S. The fraction of sp³-hybridized carbons (Fsp3) is 0.353. The van der Waals surface area contributed by atoms with Crippen LogP contribution in [0.1, 0.15) is 42.7 Å². The van der Waals surface area contributed by atoms with Gasteiger partial charge < -0.3 is 4.55 Å². The van der Waals surface area contributed by atoms with Gasteiger partial charge in [-0.1, -0.05) is 31.0 Å². The first kappa shape index (κ1) is 15.3. The quantitative estimate of drug-likeness (QED) is 0.856. The van der Waals surface area contributed by atoms with Crippen LogP contribution in [0.4, 0.5) is 4.39 Å². The smallest absolute Gasteiger partial charge is 0.157 e. The van der Waals surface area contributed by atoms with E-state index >= 15 is 0 Å². The van der Waals surface area contributed by atoms with Gasteiger partial charge in [-0.3, -0.25) is 4.98 Å². The number of halogens is 1. The van der Waals surface area contributed by atoms with Gasteiger partial charge in [-0.2, -0.15) is 0 Å². The van der Waals surface area contributed by atoms with E-state index < -0.39 is 16.9 Å². The van der Waals surface area contributed by atoms with Crippen LogP contribution < -0.4 is 0 Å². The van der Waals surface area contributed by atoms with E-state index in [2.05, 4.69) is 11.1 Å². The molecule has 1 unspecified atom stereocenters. The van der Waals surface area contributed by atoms with E-state index in [1.54, 1.807) is 18.3 Å². The second kappa shape index (κ2) is 6.67. The molecule has 1 N–H and O–H groups in total. The number of pyridine rings is 1. The number of rotatable bonds is 4. The molecule has 0 bridgehead atoms. The fourth-order valence-electron chi connectivity index (χ4n) is 3.17. The van der Waals surface area contributed by atoms with Crippen molar-refractivity contribution in [2.45, 2.75) is 37.4 Å². The normalized spacial score (nSPS) is 16.8. The van der Waals surface area contributed by atoms with Crippen LogP contribution >= 0.6 is 0 Å². The number of hydrogen-bond acceptors (Lipinski definition) is 2. The lowest BCUT2D eigenvalue weighted by molar-refractivity contribution is 0.559. The maximum atomic E-state index is 14.1. The topological polar surface area (TPSA) is 50.2 Å². The highest BCUT2D eigenvalue weighted by Crippen LogP contribution is 2.38. The molecule has 22 heavy (non-hydrogen) atoms. The zero-order valence-electron chi connectivity index (χ0n) is 12.2. The van der Waals surface area contributed by atoms with Gasteiger partial charge in [-0.25, -0.2) is 8.60 Å². The molecule has 1 aromatic heterocycles. The molecule has 1 fully saturated rings. The van der Waals surface area contributed by atoms with Gasteiger partial charge in [-0.15, -0.1) is 0 Å². The minimum atomic E-state index is -2.04. The van der Waals surface area contributed by atoms with Crippen molar-refractivity contribution in [3.05, 3.63) is 53.5 Å². The summed E-state index contributed by atoms with van der Waals surface area (Å²) < 4.78 is 33.9. The molecule has 0 spiro atoms. The molecule has 0 amide bonds. The van der Waals surface area contributed by atoms with Crippen LogP contribution in [-0.2, 0) is 16.8 Å². The van der Waals surface area contributed by atoms with E-state index in [0.717, 1.165) is 24.1 Å². The molecule has 1 saturated carbocycles. The monoisotopic (exact) mass is 319 g/mol. The molecule has 3 nitrogen and oxygen atoms in total. The van der Waals surface area contributed by atoms with Crippen LogP contribution in [-0.4, -0.2) is 13.7 Å². The SMILES string of the molecule is O=S(O)Cc1ccc(-c2ncccc2C2CCCC2)cc1F. The largest absolute Gasteiger partial charge is 0.306 e. The molecule has 1 heterocycles. The van der Waals surface area contributed by atoms with Crippen LogP contribution in [0, 0.1) is 5.82 Å². The number of benzene rings is 1. The van der Waals surface area contributed by atoms with E-state index in [4.69, 9.17) is 4.55 Å². The Morgan fingerprint density at radius 1 is 1.27 bits per heavy atom. The minimum Gasteiger partial charge on any atom is -0.306 e. The summed E-state index contributed by atoms with van der Waals surface area (Å²) in [5.74, 6) is -0.150. The molecule has 3 rings (SSSR count). The number of nitrogens with zero attached hydrogens (tertiary/aromatic N) is 1. The standard InChI is InChI=1S/C17H18FNO2S/c18-16-10-13(7-8-14(16)11-22(20)21)17-15(6-3-9-19-17)12-4-1-2-5-12/h3,6-10,12H,1-2,4-5,11H2,(H,20,21). The van der Waals surface area contributed by atoms with Crippen molar-refractivity contribution in [2.75, 3.05) is 0 Å². The lowest BCUT2D eigenvalue weighted by atomic mass is 9.93. The Balaban J connectivity index is 1.97. The van der Waals surface area contributed by atoms with E-state index in [1.807, 2.05) is 6.07 Å². The first-order chi connectivity index (χ1) is 10.6. The molecule has 1 aliphatic rings. The lowest BCUT2D eigenvalue weighted by Crippen LogP contribution is -2.00. The van der Waals surface area contributed by atoms with Gasteiger partial charge in [0.05, 0.1) is 11.4 Å². The summed E-state index contributed by atoms with van der Waals surface area (Å²) in [6, 6.07) is 8.78. The molecule has 2 aromatic rings. The second-order valence-corrected chi connectivity index (χ2v) is 6.63. The maximum absolute atomic E-state index is 14.1. The summed E-state index contributed by atoms with van der Waals surface area (Å²) in [5, 5.41) is 0. The molecule has 1 aliphatic carbocycles. The third-order valence-electron chi connectivity index (χ3n) is 4.24. The highest BCUT2D eigenvalue weighted by molar-refractivity contribution is 7.78. The van der Waals surface area contributed by atoms with Crippen molar-refractivity contribution >= 4 is 11.1 Å². The summed E-state index contributed by atoms with van der Waals surface area (Å²) in [6.45, 7) is 0. The molecule has 5 heteroatoms.